The van der Waals surface area contributed by atoms with E-state index in [1.165, 1.54) is 23.5 Å². The van der Waals surface area contributed by atoms with E-state index in [9.17, 15) is 9.18 Å². The summed E-state index contributed by atoms with van der Waals surface area (Å²) in [5.74, 6) is 0.980. The van der Waals surface area contributed by atoms with Gasteiger partial charge in [-0.1, -0.05) is 6.07 Å². The van der Waals surface area contributed by atoms with E-state index in [0.717, 1.165) is 24.3 Å². The van der Waals surface area contributed by atoms with Gasteiger partial charge in [0.05, 0.1) is 11.7 Å². The highest BCUT2D eigenvalue weighted by molar-refractivity contribution is 7.13. The van der Waals surface area contributed by atoms with Crippen molar-refractivity contribution < 1.29 is 13.9 Å². The average Bonchev–Trinajstić information content (AvgIpc) is 3.50. The van der Waals surface area contributed by atoms with Gasteiger partial charge in [-0.05, 0) is 56.2 Å². The summed E-state index contributed by atoms with van der Waals surface area (Å²) in [5, 5.41) is 9.30. The highest BCUT2D eigenvalue weighted by atomic mass is 32.1. The predicted molar refractivity (Wildman–Crippen MR) is 114 cm³/mol. The topological polar surface area (TPSA) is 72.6 Å². The van der Waals surface area contributed by atoms with E-state index in [0.29, 0.717) is 27.9 Å². The Bertz CT molecular complexity index is 1240. The van der Waals surface area contributed by atoms with Crippen LogP contribution in [0.4, 0.5) is 4.39 Å². The first kappa shape index (κ1) is 19.6. The first-order valence-electron chi connectivity index (χ1n) is 10.1. The quantitative estimate of drug-likeness (QED) is 0.468. The third-order valence-electron chi connectivity index (χ3n) is 5.36. The van der Waals surface area contributed by atoms with Crippen LogP contribution in [0.15, 0.2) is 48.7 Å². The fraction of sp³-hybridized carbons (Fsp3) is 0.273. The molecule has 1 amide bonds. The standard InChI is InChI=1S/C22H20FN5O2S/c1-14-20(31-19(24-14)13-30-16-9-7-15(23)8-10-16)22(29)27-12-4-5-17(27)21-26-25-18-6-2-3-11-28(18)21/h2-3,6-11,17H,4-5,12-13H2,1H3. The third-order valence-corrected chi connectivity index (χ3v) is 6.48. The maximum absolute atomic E-state index is 13.4. The number of carbonyl (C=O) groups is 1. The van der Waals surface area contributed by atoms with Gasteiger partial charge in [-0.15, -0.1) is 21.5 Å². The molecule has 4 heterocycles. The molecule has 0 radical (unpaired) electrons. The molecular weight excluding hydrogens is 417 g/mol. The number of hydrogen-bond donors (Lipinski definition) is 0. The number of aryl methyl sites for hydroxylation is 1. The highest BCUT2D eigenvalue weighted by Crippen LogP contribution is 2.34. The van der Waals surface area contributed by atoms with Crippen LogP contribution < -0.4 is 4.74 Å². The lowest BCUT2D eigenvalue weighted by Crippen LogP contribution is -2.31. The van der Waals surface area contributed by atoms with Crippen molar-refractivity contribution in [2.45, 2.75) is 32.4 Å². The highest BCUT2D eigenvalue weighted by Gasteiger charge is 2.35. The molecule has 3 aromatic heterocycles. The second-order valence-corrected chi connectivity index (χ2v) is 8.49. The molecule has 1 unspecified atom stereocenters. The van der Waals surface area contributed by atoms with Gasteiger partial charge in [-0.2, -0.15) is 0 Å². The van der Waals surface area contributed by atoms with Crippen molar-refractivity contribution >= 4 is 22.9 Å². The number of carbonyl (C=O) groups excluding carboxylic acids is 1. The molecule has 0 N–H and O–H groups in total. The van der Waals surface area contributed by atoms with Gasteiger partial charge in [0.2, 0.25) is 0 Å². The first-order chi connectivity index (χ1) is 15.1. The van der Waals surface area contributed by atoms with Crippen molar-refractivity contribution in [3.05, 3.63) is 75.9 Å². The molecular formula is C22H20FN5O2S. The summed E-state index contributed by atoms with van der Waals surface area (Å²) in [7, 11) is 0. The summed E-state index contributed by atoms with van der Waals surface area (Å²) in [6.45, 7) is 2.73. The van der Waals surface area contributed by atoms with Crippen molar-refractivity contribution in [3.8, 4) is 5.75 Å². The summed E-state index contributed by atoms with van der Waals surface area (Å²) in [6, 6.07) is 11.5. The van der Waals surface area contributed by atoms with Crippen LogP contribution in [-0.2, 0) is 6.61 Å². The average molecular weight is 438 g/mol. The van der Waals surface area contributed by atoms with Gasteiger partial charge in [-0.25, -0.2) is 9.37 Å². The van der Waals surface area contributed by atoms with Crippen LogP contribution in [-0.4, -0.2) is 36.9 Å². The number of pyridine rings is 1. The number of hydrogen-bond acceptors (Lipinski definition) is 6. The first-order valence-corrected chi connectivity index (χ1v) is 10.9. The van der Waals surface area contributed by atoms with Crippen LogP contribution in [0.5, 0.6) is 5.75 Å². The minimum atomic E-state index is -0.314. The van der Waals surface area contributed by atoms with Gasteiger partial charge in [0.1, 0.15) is 28.1 Å². The number of thiazole rings is 1. The number of likely N-dealkylation sites (tertiary alicyclic amines) is 1. The van der Waals surface area contributed by atoms with Gasteiger partial charge in [0.25, 0.3) is 5.91 Å². The molecule has 4 aromatic rings. The second-order valence-electron chi connectivity index (χ2n) is 7.41. The van der Waals surface area contributed by atoms with Crippen LogP contribution in [0.2, 0.25) is 0 Å². The van der Waals surface area contributed by atoms with Gasteiger partial charge in [0.15, 0.2) is 11.5 Å². The summed E-state index contributed by atoms with van der Waals surface area (Å²) >= 11 is 1.34. The van der Waals surface area contributed by atoms with Gasteiger partial charge in [0, 0.05) is 12.7 Å². The molecule has 7 nitrogen and oxygen atoms in total. The van der Waals surface area contributed by atoms with E-state index in [1.807, 2.05) is 40.6 Å². The van der Waals surface area contributed by atoms with Crippen LogP contribution in [0, 0.1) is 12.7 Å². The van der Waals surface area contributed by atoms with E-state index in [2.05, 4.69) is 15.2 Å². The number of benzene rings is 1. The molecule has 1 aliphatic heterocycles. The molecule has 0 spiro atoms. The minimum Gasteiger partial charge on any atom is -0.486 e. The Labute approximate surface area is 182 Å². The van der Waals surface area contributed by atoms with Crippen LogP contribution in [0.3, 0.4) is 0 Å². The zero-order valence-electron chi connectivity index (χ0n) is 16.9. The lowest BCUT2D eigenvalue weighted by molar-refractivity contribution is 0.0733. The number of rotatable bonds is 5. The molecule has 1 fully saturated rings. The fourth-order valence-corrected chi connectivity index (χ4v) is 4.82. The molecule has 1 aliphatic rings. The Hall–Kier alpha value is -3.33. The lowest BCUT2D eigenvalue weighted by Gasteiger charge is -2.23. The van der Waals surface area contributed by atoms with E-state index in [-0.39, 0.29) is 24.4 Å². The van der Waals surface area contributed by atoms with E-state index >= 15 is 0 Å². The van der Waals surface area contributed by atoms with Gasteiger partial charge < -0.3 is 9.64 Å². The molecule has 158 valence electrons. The molecule has 0 bridgehead atoms. The Kier molecular flexibility index (Phi) is 5.11. The number of halogens is 1. The number of ether oxygens (including phenoxy) is 1. The van der Waals surface area contributed by atoms with Crippen molar-refractivity contribution in [2.75, 3.05) is 6.54 Å². The summed E-state index contributed by atoms with van der Waals surface area (Å²) in [6.07, 6.45) is 3.69. The molecule has 5 rings (SSSR count). The van der Waals surface area contributed by atoms with Crippen molar-refractivity contribution in [2.24, 2.45) is 0 Å². The lowest BCUT2D eigenvalue weighted by atomic mass is 10.2. The smallest absolute Gasteiger partial charge is 0.266 e. The van der Waals surface area contributed by atoms with Crippen molar-refractivity contribution in [1.29, 1.82) is 0 Å². The van der Waals surface area contributed by atoms with E-state index < -0.39 is 0 Å². The minimum absolute atomic E-state index is 0.0433. The van der Waals surface area contributed by atoms with E-state index in [1.54, 1.807) is 12.1 Å². The molecule has 0 saturated carbocycles. The van der Waals surface area contributed by atoms with Gasteiger partial charge >= 0.3 is 0 Å². The van der Waals surface area contributed by atoms with Crippen LogP contribution in [0.1, 0.15) is 45.1 Å². The van der Waals surface area contributed by atoms with Crippen molar-refractivity contribution in [3.63, 3.8) is 0 Å². The predicted octanol–water partition coefficient (Wildman–Crippen LogP) is 4.19. The second kappa shape index (κ2) is 8.07. The van der Waals surface area contributed by atoms with Crippen LogP contribution in [0.25, 0.3) is 5.65 Å². The Morgan fingerprint density at radius 1 is 1.23 bits per heavy atom. The van der Waals surface area contributed by atoms with Crippen LogP contribution >= 0.6 is 11.3 Å². The van der Waals surface area contributed by atoms with Crippen molar-refractivity contribution in [1.82, 2.24) is 24.5 Å². The van der Waals surface area contributed by atoms with Gasteiger partial charge in [-0.3, -0.25) is 9.20 Å². The molecule has 0 aliphatic carbocycles. The largest absolute Gasteiger partial charge is 0.486 e. The third kappa shape index (κ3) is 3.76. The molecule has 9 heteroatoms. The maximum atomic E-state index is 13.4. The Balaban J connectivity index is 1.35. The normalized spacial score (nSPS) is 16.2. The number of fused-ring (bicyclic) bond motifs is 1. The molecule has 1 saturated heterocycles. The summed E-state index contributed by atoms with van der Waals surface area (Å²) in [5.41, 5.74) is 1.45. The zero-order chi connectivity index (χ0) is 21.4. The number of nitrogens with zero attached hydrogens (tertiary/aromatic N) is 5. The molecule has 1 atom stereocenters. The van der Waals surface area contributed by atoms with E-state index in [4.69, 9.17) is 4.74 Å². The number of amides is 1. The summed E-state index contributed by atoms with van der Waals surface area (Å²) in [4.78, 5) is 20.4. The SMILES string of the molecule is Cc1nc(COc2ccc(F)cc2)sc1C(=O)N1CCCC1c1nnc2ccccn12. The zero-order valence-corrected chi connectivity index (χ0v) is 17.7. The molecule has 31 heavy (non-hydrogen) atoms. The number of aromatic nitrogens is 4. The summed E-state index contributed by atoms with van der Waals surface area (Å²) < 4.78 is 20.7. The Morgan fingerprint density at radius 2 is 2.06 bits per heavy atom. The maximum Gasteiger partial charge on any atom is 0.266 e. The monoisotopic (exact) mass is 437 g/mol. The fourth-order valence-electron chi connectivity index (χ4n) is 3.88. The molecule has 1 aromatic carbocycles. The Morgan fingerprint density at radius 3 is 2.90 bits per heavy atom.